The van der Waals surface area contributed by atoms with Gasteiger partial charge in [0.05, 0.1) is 11.4 Å². The third-order valence-electron chi connectivity index (χ3n) is 4.13. The Morgan fingerprint density at radius 3 is 2.68 bits per heavy atom. The molecule has 1 N–H and O–H groups in total. The van der Waals surface area contributed by atoms with Crippen molar-refractivity contribution in [1.82, 2.24) is 10.3 Å². The first-order valence-corrected chi connectivity index (χ1v) is 7.55. The van der Waals surface area contributed by atoms with Crippen LogP contribution in [0.2, 0.25) is 0 Å². The highest BCUT2D eigenvalue weighted by atomic mass is 15.2. The van der Waals surface area contributed by atoms with Crippen molar-refractivity contribution in [3.63, 3.8) is 0 Å². The molecule has 0 aromatic carbocycles. The summed E-state index contributed by atoms with van der Waals surface area (Å²) < 4.78 is 0. The molecule has 1 fully saturated rings. The lowest BCUT2D eigenvalue weighted by molar-refractivity contribution is 0.378. The summed E-state index contributed by atoms with van der Waals surface area (Å²) in [6.45, 7) is 11.0. The third-order valence-corrected chi connectivity index (χ3v) is 4.13. The van der Waals surface area contributed by atoms with Crippen LogP contribution in [0.25, 0.3) is 0 Å². The van der Waals surface area contributed by atoms with E-state index in [-0.39, 0.29) is 0 Å². The smallest absolute Gasteiger partial charge is 0.0608 e. The second kappa shape index (κ2) is 6.38. The van der Waals surface area contributed by atoms with Gasteiger partial charge < -0.3 is 10.2 Å². The number of anilines is 1. The molecule has 0 amide bonds. The van der Waals surface area contributed by atoms with E-state index in [1.54, 1.807) is 0 Å². The van der Waals surface area contributed by atoms with Gasteiger partial charge in [-0.1, -0.05) is 6.92 Å². The van der Waals surface area contributed by atoms with Crippen LogP contribution in [-0.4, -0.2) is 30.2 Å². The van der Waals surface area contributed by atoms with Crippen molar-refractivity contribution in [2.24, 2.45) is 0 Å². The standard InChI is InChI=1S/C16H27N3/c1-5-15-9-11-19(10-8-13(3)18-15)16-7-6-12(2)17-14(16)4/h6-7,13,15,18H,5,8-11H2,1-4H3. The van der Waals surface area contributed by atoms with E-state index in [0.29, 0.717) is 12.1 Å². The van der Waals surface area contributed by atoms with E-state index in [2.05, 4.69) is 55.0 Å². The Balaban J connectivity index is 2.14. The molecule has 1 aromatic heterocycles. The summed E-state index contributed by atoms with van der Waals surface area (Å²) in [5.74, 6) is 0. The highest BCUT2D eigenvalue weighted by Gasteiger charge is 2.19. The highest BCUT2D eigenvalue weighted by molar-refractivity contribution is 5.50. The zero-order valence-corrected chi connectivity index (χ0v) is 12.7. The molecule has 2 rings (SSSR count). The van der Waals surface area contributed by atoms with Crippen LogP contribution in [0.4, 0.5) is 5.69 Å². The molecule has 3 nitrogen and oxygen atoms in total. The van der Waals surface area contributed by atoms with Crippen molar-refractivity contribution in [2.75, 3.05) is 18.0 Å². The molecule has 1 aliphatic heterocycles. The quantitative estimate of drug-likeness (QED) is 0.887. The lowest BCUT2D eigenvalue weighted by Crippen LogP contribution is -2.44. The number of aromatic nitrogens is 1. The summed E-state index contributed by atoms with van der Waals surface area (Å²) in [6, 6.07) is 5.61. The lowest BCUT2D eigenvalue weighted by Gasteiger charge is -2.33. The van der Waals surface area contributed by atoms with Gasteiger partial charge >= 0.3 is 0 Å². The molecule has 2 heterocycles. The van der Waals surface area contributed by atoms with Gasteiger partial charge in [-0.15, -0.1) is 0 Å². The van der Waals surface area contributed by atoms with Gasteiger partial charge in [0.1, 0.15) is 0 Å². The Hall–Kier alpha value is -1.09. The normalized spacial score (nSPS) is 24.9. The maximum absolute atomic E-state index is 4.60. The van der Waals surface area contributed by atoms with Crippen LogP contribution >= 0.6 is 0 Å². The molecule has 1 aliphatic rings. The molecule has 2 atom stereocenters. The van der Waals surface area contributed by atoms with Crippen LogP contribution in [0.1, 0.15) is 44.5 Å². The van der Waals surface area contributed by atoms with Crippen LogP contribution < -0.4 is 10.2 Å². The van der Waals surface area contributed by atoms with Crippen molar-refractivity contribution in [2.45, 2.75) is 59.0 Å². The largest absolute Gasteiger partial charge is 0.370 e. The number of aryl methyl sites for hydroxylation is 2. The Kier molecular flexibility index (Phi) is 4.81. The average molecular weight is 261 g/mol. The first-order valence-electron chi connectivity index (χ1n) is 7.55. The third kappa shape index (κ3) is 3.69. The van der Waals surface area contributed by atoms with E-state index in [9.17, 15) is 0 Å². The maximum atomic E-state index is 4.60. The monoisotopic (exact) mass is 261 g/mol. The fraction of sp³-hybridized carbons (Fsp3) is 0.688. The van der Waals surface area contributed by atoms with E-state index in [1.807, 2.05) is 0 Å². The Labute approximate surface area is 117 Å². The summed E-state index contributed by atoms with van der Waals surface area (Å²) in [6.07, 6.45) is 3.63. The molecule has 0 saturated carbocycles. The van der Waals surface area contributed by atoms with Crippen molar-refractivity contribution < 1.29 is 0 Å². The van der Waals surface area contributed by atoms with Crippen LogP contribution in [0.3, 0.4) is 0 Å². The summed E-state index contributed by atoms with van der Waals surface area (Å²) in [7, 11) is 0. The first kappa shape index (κ1) is 14.3. The van der Waals surface area contributed by atoms with Crippen LogP contribution in [-0.2, 0) is 0 Å². The van der Waals surface area contributed by atoms with Crippen LogP contribution in [0.5, 0.6) is 0 Å². The molecule has 1 saturated heterocycles. The minimum absolute atomic E-state index is 0.603. The van der Waals surface area contributed by atoms with Gasteiger partial charge in [-0.25, -0.2) is 0 Å². The van der Waals surface area contributed by atoms with Gasteiger partial charge in [0.15, 0.2) is 0 Å². The number of hydrogen-bond donors (Lipinski definition) is 1. The molecule has 0 aliphatic carbocycles. The molecule has 3 heteroatoms. The molecule has 0 bridgehead atoms. The van der Waals surface area contributed by atoms with E-state index in [0.717, 1.165) is 24.5 Å². The van der Waals surface area contributed by atoms with Gasteiger partial charge in [-0.2, -0.15) is 0 Å². The molecular formula is C16H27N3. The molecule has 1 aromatic rings. The SMILES string of the molecule is CCC1CCN(c2ccc(C)nc2C)CCC(C)N1. The predicted molar refractivity (Wildman–Crippen MR) is 81.8 cm³/mol. The zero-order valence-electron chi connectivity index (χ0n) is 12.7. The number of hydrogen-bond acceptors (Lipinski definition) is 3. The van der Waals surface area contributed by atoms with Gasteiger partial charge in [0.2, 0.25) is 0 Å². The fourth-order valence-electron chi connectivity index (χ4n) is 2.92. The maximum Gasteiger partial charge on any atom is 0.0608 e. The topological polar surface area (TPSA) is 28.2 Å². The Morgan fingerprint density at radius 2 is 2.00 bits per heavy atom. The van der Waals surface area contributed by atoms with E-state index in [1.165, 1.54) is 24.9 Å². The van der Waals surface area contributed by atoms with Crippen molar-refractivity contribution in [3.05, 3.63) is 23.5 Å². The van der Waals surface area contributed by atoms with Crippen LogP contribution in [0.15, 0.2) is 12.1 Å². The van der Waals surface area contributed by atoms with Gasteiger partial charge in [-0.05, 0) is 52.2 Å². The van der Waals surface area contributed by atoms with Gasteiger partial charge in [0.25, 0.3) is 0 Å². The molecular weight excluding hydrogens is 234 g/mol. The predicted octanol–water partition coefficient (Wildman–Crippen LogP) is 3.06. The van der Waals surface area contributed by atoms with Crippen molar-refractivity contribution >= 4 is 5.69 Å². The molecule has 19 heavy (non-hydrogen) atoms. The summed E-state index contributed by atoms with van der Waals surface area (Å²) in [5, 5.41) is 3.72. The number of pyridine rings is 1. The van der Waals surface area contributed by atoms with E-state index < -0.39 is 0 Å². The molecule has 106 valence electrons. The summed E-state index contributed by atoms with van der Waals surface area (Å²) >= 11 is 0. The average Bonchev–Trinajstić information content (AvgIpc) is 2.35. The van der Waals surface area contributed by atoms with E-state index in [4.69, 9.17) is 0 Å². The lowest BCUT2D eigenvalue weighted by atomic mass is 10.0. The van der Waals surface area contributed by atoms with Crippen molar-refractivity contribution in [3.8, 4) is 0 Å². The summed E-state index contributed by atoms with van der Waals surface area (Å²) in [5.41, 5.74) is 3.58. The molecule has 0 radical (unpaired) electrons. The molecule has 2 unspecified atom stereocenters. The number of rotatable bonds is 2. The van der Waals surface area contributed by atoms with E-state index >= 15 is 0 Å². The Bertz CT molecular complexity index is 416. The minimum atomic E-state index is 0.603. The fourth-order valence-corrected chi connectivity index (χ4v) is 2.92. The van der Waals surface area contributed by atoms with Crippen molar-refractivity contribution in [1.29, 1.82) is 0 Å². The number of nitrogens with one attached hydrogen (secondary N) is 1. The second-order valence-electron chi connectivity index (χ2n) is 5.79. The van der Waals surface area contributed by atoms with Gasteiger partial charge in [-0.3, -0.25) is 4.98 Å². The second-order valence-corrected chi connectivity index (χ2v) is 5.79. The first-order chi connectivity index (χ1) is 9.10. The van der Waals surface area contributed by atoms with Gasteiger partial charge in [0, 0.05) is 30.9 Å². The molecule has 0 spiro atoms. The van der Waals surface area contributed by atoms with Crippen LogP contribution in [0, 0.1) is 13.8 Å². The highest BCUT2D eigenvalue weighted by Crippen LogP contribution is 2.21. The summed E-state index contributed by atoms with van der Waals surface area (Å²) in [4.78, 5) is 7.12. The minimum Gasteiger partial charge on any atom is -0.370 e. The Morgan fingerprint density at radius 1 is 1.26 bits per heavy atom. The number of nitrogens with zero attached hydrogens (tertiary/aromatic N) is 2. The zero-order chi connectivity index (χ0) is 13.8.